The molecule has 0 saturated heterocycles. The molecule has 0 aliphatic rings. The molecule has 0 amide bonds. The summed E-state index contributed by atoms with van der Waals surface area (Å²) in [6.07, 6.45) is 5.88. The summed E-state index contributed by atoms with van der Waals surface area (Å²) in [5.74, 6) is 0.00132. The number of carbonyl (C=O) groups excluding carboxylic acids is 1. The van der Waals surface area contributed by atoms with Gasteiger partial charge in [-0.1, -0.05) is 75.2 Å². The van der Waals surface area contributed by atoms with Crippen molar-refractivity contribution in [2.75, 3.05) is 0 Å². The average molecular weight is 301 g/mol. The van der Waals surface area contributed by atoms with Gasteiger partial charge in [-0.05, 0) is 31.1 Å². The highest BCUT2D eigenvalue weighted by molar-refractivity contribution is 5.73. The molecule has 0 aromatic rings. The average Bonchev–Trinajstić information content (AvgIpc) is 2.41. The Labute approximate surface area is 134 Å². The van der Waals surface area contributed by atoms with Gasteiger partial charge >= 0.3 is 5.97 Å². The van der Waals surface area contributed by atoms with Crippen LogP contribution >= 0.6 is 0 Å². The lowest BCUT2D eigenvalue weighted by atomic mass is 9.78. The van der Waals surface area contributed by atoms with Gasteiger partial charge in [0.25, 0.3) is 0 Å². The van der Waals surface area contributed by atoms with Gasteiger partial charge in [-0.3, -0.25) is 4.79 Å². The molecule has 0 bridgehead atoms. The van der Waals surface area contributed by atoms with E-state index >= 15 is 0 Å². The van der Waals surface area contributed by atoms with E-state index in [4.69, 9.17) is 4.74 Å². The fourth-order valence-corrected chi connectivity index (χ4v) is 2.44. The van der Waals surface area contributed by atoms with Crippen LogP contribution in [0.25, 0.3) is 0 Å². The van der Waals surface area contributed by atoms with Crippen LogP contribution in [0.15, 0.2) is 0 Å². The third-order valence-corrected chi connectivity index (χ3v) is 4.16. The normalized spacial score (nSPS) is 13.2. The molecule has 0 rings (SSSR count). The quantitative estimate of drug-likeness (QED) is 0.510. The van der Waals surface area contributed by atoms with Crippen LogP contribution < -0.4 is 0 Å². The predicted octanol–water partition coefficient (Wildman–Crippen LogP) is 6.38. The van der Waals surface area contributed by atoms with E-state index < -0.39 is 0 Å². The number of esters is 1. The molecule has 0 aromatic carbocycles. The van der Waals surface area contributed by atoms with E-state index in [1.807, 2.05) is 0 Å². The van der Waals surface area contributed by atoms with E-state index in [0.29, 0.717) is 0 Å². The van der Waals surface area contributed by atoms with Crippen molar-refractivity contribution in [2.45, 2.75) is 106 Å². The summed E-state index contributed by atoms with van der Waals surface area (Å²) in [4.78, 5) is 12.4. The zero-order valence-electron chi connectivity index (χ0n) is 16.1. The first-order valence-corrected chi connectivity index (χ1v) is 8.90. The van der Waals surface area contributed by atoms with Crippen molar-refractivity contribution in [3.05, 3.63) is 0 Å². The first-order valence-electron chi connectivity index (χ1n) is 8.90. The highest BCUT2D eigenvalue weighted by atomic mass is 16.6. The van der Waals surface area contributed by atoms with Gasteiger partial charge in [0, 0.05) is 0 Å². The van der Waals surface area contributed by atoms with Crippen molar-refractivity contribution < 1.29 is 9.53 Å². The maximum absolute atomic E-state index is 12.4. The number of hydrogen-bond acceptors (Lipinski definition) is 2. The summed E-state index contributed by atoms with van der Waals surface area (Å²) < 4.78 is 5.89. The van der Waals surface area contributed by atoms with Crippen LogP contribution in [-0.2, 0) is 9.53 Å². The van der Waals surface area contributed by atoms with E-state index in [-0.39, 0.29) is 22.9 Å². The maximum Gasteiger partial charge on any atom is 0.310 e. The molecule has 1 atom stereocenters. The Morgan fingerprint density at radius 3 is 1.52 bits per heavy atom. The molecule has 21 heavy (non-hydrogen) atoms. The van der Waals surface area contributed by atoms with Crippen molar-refractivity contribution in [3.63, 3.8) is 0 Å². The topological polar surface area (TPSA) is 26.3 Å². The van der Waals surface area contributed by atoms with Crippen molar-refractivity contribution >= 4 is 5.97 Å². The summed E-state index contributed by atoms with van der Waals surface area (Å²) in [5.41, 5.74) is -0.275. The fourth-order valence-electron chi connectivity index (χ4n) is 2.44. The van der Waals surface area contributed by atoms with Crippen LogP contribution in [0.5, 0.6) is 0 Å². The molecular formula is C19H40O2. The molecule has 0 saturated carbocycles. The highest BCUT2D eigenvalue weighted by Crippen LogP contribution is 2.34. The summed E-state index contributed by atoms with van der Waals surface area (Å²) >= 11 is 0. The molecule has 1 unspecified atom stereocenters. The van der Waals surface area contributed by atoms with E-state index in [2.05, 4.69) is 62.3 Å². The van der Waals surface area contributed by atoms with Crippen molar-refractivity contribution in [3.8, 4) is 0 Å². The van der Waals surface area contributed by atoms with E-state index in [1.165, 1.54) is 6.42 Å². The maximum atomic E-state index is 12.4. The number of rotatable bonds is 7. The van der Waals surface area contributed by atoms with Crippen molar-refractivity contribution in [2.24, 2.45) is 11.3 Å². The molecule has 0 aliphatic carbocycles. The molecule has 0 aromatic heterocycles. The van der Waals surface area contributed by atoms with E-state index in [0.717, 1.165) is 32.1 Å². The van der Waals surface area contributed by atoms with Crippen molar-refractivity contribution in [1.82, 2.24) is 0 Å². The van der Waals surface area contributed by atoms with Gasteiger partial charge in [-0.25, -0.2) is 0 Å². The summed E-state index contributed by atoms with van der Waals surface area (Å²) in [7, 11) is 0. The molecule has 0 N–H and O–H groups in total. The Bertz CT molecular complexity index is 251. The van der Waals surface area contributed by atoms with Gasteiger partial charge in [0.1, 0.15) is 5.60 Å². The smallest absolute Gasteiger partial charge is 0.310 e. The molecule has 2 heteroatoms. The van der Waals surface area contributed by atoms with Crippen LogP contribution in [0, 0.1) is 11.3 Å². The van der Waals surface area contributed by atoms with Crippen LogP contribution in [0.2, 0.25) is 0 Å². The Hall–Kier alpha value is -0.530. The first kappa shape index (κ1) is 22.7. The lowest BCUT2D eigenvalue weighted by Gasteiger charge is -2.35. The zero-order valence-corrected chi connectivity index (χ0v) is 16.1. The third-order valence-electron chi connectivity index (χ3n) is 4.16. The van der Waals surface area contributed by atoms with Gasteiger partial charge in [0.15, 0.2) is 0 Å². The molecule has 0 fully saturated rings. The summed E-state index contributed by atoms with van der Waals surface area (Å²) in [6.45, 7) is 19.1. The molecule has 128 valence electrons. The lowest BCUT2D eigenvalue weighted by Crippen LogP contribution is -2.39. The molecule has 0 spiro atoms. The standard InChI is InChI=1S/C16H32O2.C3H8/c1-8-12-13(15(5,6)7)14(17)18-16(9-2,10-3)11-4;1-3-2/h13H,8-12H2,1-7H3;3H2,1-2H3. The summed E-state index contributed by atoms with van der Waals surface area (Å²) in [5, 5.41) is 0. The van der Waals surface area contributed by atoms with Crippen LogP contribution in [0.1, 0.15) is 101 Å². The Kier molecular flexibility index (Phi) is 12.0. The Morgan fingerprint density at radius 2 is 1.29 bits per heavy atom. The second-order valence-electron chi connectivity index (χ2n) is 7.08. The minimum absolute atomic E-state index is 0.00472. The lowest BCUT2D eigenvalue weighted by molar-refractivity contribution is -0.170. The van der Waals surface area contributed by atoms with Crippen LogP contribution in [-0.4, -0.2) is 11.6 Å². The van der Waals surface area contributed by atoms with E-state index in [1.54, 1.807) is 0 Å². The minimum atomic E-state index is -0.256. The number of ether oxygens (including phenoxy) is 1. The number of hydrogen-bond donors (Lipinski definition) is 0. The molecule has 0 radical (unpaired) electrons. The van der Waals surface area contributed by atoms with Gasteiger partial charge in [-0.2, -0.15) is 0 Å². The largest absolute Gasteiger partial charge is 0.459 e. The predicted molar refractivity (Wildman–Crippen MR) is 93.5 cm³/mol. The Balaban J connectivity index is 0. The molecule has 0 heterocycles. The van der Waals surface area contributed by atoms with Gasteiger partial charge < -0.3 is 4.74 Å². The van der Waals surface area contributed by atoms with Gasteiger partial charge in [0.2, 0.25) is 0 Å². The summed E-state index contributed by atoms with van der Waals surface area (Å²) in [6, 6.07) is 0. The van der Waals surface area contributed by atoms with Gasteiger partial charge in [0.05, 0.1) is 5.92 Å². The second-order valence-corrected chi connectivity index (χ2v) is 7.08. The third kappa shape index (κ3) is 8.48. The first-order chi connectivity index (χ1) is 9.67. The fraction of sp³-hybridized carbons (Fsp3) is 0.947. The van der Waals surface area contributed by atoms with Crippen LogP contribution in [0.3, 0.4) is 0 Å². The SMILES string of the molecule is CCC.CCCC(C(=O)OC(CC)(CC)CC)C(C)(C)C. The van der Waals surface area contributed by atoms with Crippen LogP contribution in [0.4, 0.5) is 0 Å². The highest BCUT2D eigenvalue weighted by Gasteiger charge is 2.36. The number of carbonyl (C=O) groups is 1. The van der Waals surface area contributed by atoms with Gasteiger partial charge in [-0.15, -0.1) is 0 Å². The molecule has 0 aliphatic heterocycles. The Morgan fingerprint density at radius 1 is 0.905 bits per heavy atom. The van der Waals surface area contributed by atoms with E-state index in [9.17, 15) is 4.79 Å². The second kappa shape index (κ2) is 11.1. The molecule has 2 nitrogen and oxygen atoms in total. The monoisotopic (exact) mass is 300 g/mol. The zero-order chi connectivity index (χ0) is 17.1. The van der Waals surface area contributed by atoms with Crippen molar-refractivity contribution in [1.29, 1.82) is 0 Å². The molecular weight excluding hydrogens is 260 g/mol. The minimum Gasteiger partial charge on any atom is -0.459 e.